The Morgan fingerprint density at radius 1 is 1.00 bits per heavy atom. The van der Waals surface area contributed by atoms with E-state index < -0.39 is 0 Å². The van der Waals surface area contributed by atoms with E-state index >= 15 is 0 Å². The summed E-state index contributed by atoms with van der Waals surface area (Å²) in [7, 11) is 1.69. The molecule has 5 nitrogen and oxygen atoms in total. The van der Waals surface area contributed by atoms with Crippen molar-refractivity contribution in [3.8, 4) is 5.75 Å². The second-order valence-electron chi connectivity index (χ2n) is 7.60. The average Bonchev–Trinajstić information content (AvgIpc) is 2.73. The topological polar surface area (TPSA) is 44.8 Å². The molecule has 0 aromatic heterocycles. The average molecular weight is 382 g/mol. The first-order chi connectivity index (χ1) is 13.5. The molecule has 0 bridgehead atoms. The molecule has 28 heavy (non-hydrogen) atoms. The normalized spacial score (nSPS) is 14.9. The summed E-state index contributed by atoms with van der Waals surface area (Å²) in [6.45, 7) is 9.04. The van der Waals surface area contributed by atoms with Crippen LogP contribution in [0.25, 0.3) is 0 Å². The van der Waals surface area contributed by atoms with Gasteiger partial charge >= 0.3 is 0 Å². The van der Waals surface area contributed by atoms with Crippen LogP contribution in [0.5, 0.6) is 5.75 Å². The van der Waals surface area contributed by atoms with Gasteiger partial charge in [0.25, 0.3) is 0 Å². The SMILES string of the molecule is COc1ccc(N2CCN(CCC(=O)Nc3ccc(C(C)C)cc3)CC2)cc1. The van der Waals surface area contributed by atoms with Crippen LogP contribution in [0.15, 0.2) is 48.5 Å². The Morgan fingerprint density at radius 2 is 1.64 bits per heavy atom. The summed E-state index contributed by atoms with van der Waals surface area (Å²) in [6, 6.07) is 16.3. The number of anilines is 2. The molecule has 5 heteroatoms. The highest BCUT2D eigenvalue weighted by atomic mass is 16.5. The van der Waals surface area contributed by atoms with Crippen LogP contribution < -0.4 is 15.0 Å². The molecule has 3 rings (SSSR count). The van der Waals surface area contributed by atoms with Crippen molar-refractivity contribution >= 4 is 17.3 Å². The molecule has 0 aliphatic carbocycles. The maximum atomic E-state index is 12.3. The van der Waals surface area contributed by atoms with Crippen LogP contribution >= 0.6 is 0 Å². The fourth-order valence-electron chi connectivity index (χ4n) is 3.46. The van der Waals surface area contributed by atoms with E-state index in [1.807, 2.05) is 24.3 Å². The predicted molar refractivity (Wildman–Crippen MR) is 115 cm³/mol. The van der Waals surface area contributed by atoms with Gasteiger partial charge in [-0.25, -0.2) is 0 Å². The van der Waals surface area contributed by atoms with Gasteiger partial charge in [0, 0.05) is 50.5 Å². The molecule has 0 spiro atoms. The fraction of sp³-hybridized carbons (Fsp3) is 0.435. The van der Waals surface area contributed by atoms with Gasteiger partial charge in [0.2, 0.25) is 5.91 Å². The van der Waals surface area contributed by atoms with Crippen LogP contribution in [0.4, 0.5) is 11.4 Å². The molecule has 0 unspecified atom stereocenters. The number of nitrogens with zero attached hydrogens (tertiary/aromatic N) is 2. The minimum Gasteiger partial charge on any atom is -0.497 e. The van der Waals surface area contributed by atoms with Crippen molar-refractivity contribution < 1.29 is 9.53 Å². The molecule has 1 N–H and O–H groups in total. The van der Waals surface area contributed by atoms with Gasteiger partial charge in [-0.15, -0.1) is 0 Å². The largest absolute Gasteiger partial charge is 0.497 e. The van der Waals surface area contributed by atoms with Gasteiger partial charge in [0.1, 0.15) is 5.75 Å². The number of carbonyl (C=O) groups excluding carboxylic acids is 1. The maximum absolute atomic E-state index is 12.3. The van der Waals surface area contributed by atoms with E-state index in [4.69, 9.17) is 4.74 Å². The quantitative estimate of drug-likeness (QED) is 0.788. The number of piperazine rings is 1. The van der Waals surface area contributed by atoms with Crippen molar-refractivity contribution in [1.29, 1.82) is 0 Å². The zero-order chi connectivity index (χ0) is 19.9. The Balaban J connectivity index is 1.40. The van der Waals surface area contributed by atoms with E-state index in [1.165, 1.54) is 11.3 Å². The minimum absolute atomic E-state index is 0.0786. The lowest BCUT2D eigenvalue weighted by Gasteiger charge is -2.36. The standard InChI is InChI=1S/C23H31N3O2/c1-18(2)19-4-6-20(7-5-19)24-23(27)12-13-25-14-16-26(17-15-25)21-8-10-22(28-3)11-9-21/h4-11,18H,12-17H2,1-3H3,(H,24,27). The lowest BCUT2D eigenvalue weighted by Crippen LogP contribution is -2.47. The van der Waals surface area contributed by atoms with Crippen molar-refractivity contribution in [3.05, 3.63) is 54.1 Å². The highest BCUT2D eigenvalue weighted by Crippen LogP contribution is 2.21. The van der Waals surface area contributed by atoms with Gasteiger partial charge < -0.3 is 15.0 Å². The summed E-state index contributed by atoms with van der Waals surface area (Å²) < 4.78 is 5.22. The van der Waals surface area contributed by atoms with E-state index in [-0.39, 0.29) is 5.91 Å². The monoisotopic (exact) mass is 381 g/mol. The molecule has 1 amide bonds. The van der Waals surface area contributed by atoms with Crippen LogP contribution in [0.1, 0.15) is 31.7 Å². The first kappa shape index (κ1) is 20.2. The third-order valence-electron chi connectivity index (χ3n) is 5.33. The van der Waals surface area contributed by atoms with Gasteiger partial charge in [-0.3, -0.25) is 9.69 Å². The lowest BCUT2D eigenvalue weighted by molar-refractivity contribution is -0.116. The summed E-state index contributed by atoms with van der Waals surface area (Å²) in [5, 5.41) is 3.01. The van der Waals surface area contributed by atoms with Crippen molar-refractivity contribution in [1.82, 2.24) is 4.90 Å². The van der Waals surface area contributed by atoms with Crippen molar-refractivity contribution in [3.63, 3.8) is 0 Å². The number of methoxy groups -OCH3 is 1. The van der Waals surface area contributed by atoms with E-state index in [2.05, 4.69) is 53.2 Å². The third kappa shape index (κ3) is 5.49. The minimum atomic E-state index is 0.0786. The maximum Gasteiger partial charge on any atom is 0.225 e. The van der Waals surface area contributed by atoms with E-state index in [0.717, 1.165) is 44.2 Å². The summed E-state index contributed by atoms with van der Waals surface area (Å²) in [4.78, 5) is 17.0. The molecule has 0 atom stereocenters. The summed E-state index contributed by atoms with van der Waals surface area (Å²) in [6.07, 6.45) is 0.522. The molecule has 1 aliphatic heterocycles. The van der Waals surface area contributed by atoms with Gasteiger partial charge in [-0.2, -0.15) is 0 Å². The predicted octanol–water partition coefficient (Wildman–Crippen LogP) is 3.97. The number of hydrogen-bond donors (Lipinski definition) is 1. The van der Waals surface area contributed by atoms with Crippen LogP contribution in [0.2, 0.25) is 0 Å². The molecule has 1 heterocycles. The fourth-order valence-corrected chi connectivity index (χ4v) is 3.46. The Bertz CT molecular complexity index is 748. The Labute approximate surface area is 168 Å². The second kappa shape index (κ2) is 9.60. The zero-order valence-electron chi connectivity index (χ0n) is 17.1. The van der Waals surface area contributed by atoms with Gasteiger partial charge in [0.15, 0.2) is 0 Å². The first-order valence-electron chi connectivity index (χ1n) is 10.1. The van der Waals surface area contributed by atoms with Crippen LogP contribution in [-0.4, -0.2) is 50.6 Å². The summed E-state index contributed by atoms with van der Waals surface area (Å²) in [5.74, 6) is 1.46. The van der Waals surface area contributed by atoms with E-state index in [0.29, 0.717) is 12.3 Å². The van der Waals surface area contributed by atoms with E-state index in [1.54, 1.807) is 7.11 Å². The van der Waals surface area contributed by atoms with Gasteiger partial charge in [0.05, 0.1) is 7.11 Å². The van der Waals surface area contributed by atoms with Gasteiger partial charge in [-0.1, -0.05) is 26.0 Å². The molecule has 1 saturated heterocycles. The molecule has 1 aliphatic rings. The van der Waals surface area contributed by atoms with Crippen LogP contribution in [0, 0.1) is 0 Å². The Kier molecular flexibility index (Phi) is 6.93. The summed E-state index contributed by atoms with van der Waals surface area (Å²) >= 11 is 0. The number of carbonyl (C=O) groups is 1. The van der Waals surface area contributed by atoms with Crippen molar-refractivity contribution in [2.45, 2.75) is 26.2 Å². The Morgan fingerprint density at radius 3 is 2.21 bits per heavy atom. The van der Waals surface area contributed by atoms with Crippen molar-refractivity contribution in [2.24, 2.45) is 0 Å². The number of ether oxygens (including phenoxy) is 1. The highest BCUT2D eigenvalue weighted by molar-refractivity contribution is 5.90. The first-order valence-corrected chi connectivity index (χ1v) is 10.1. The number of benzene rings is 2. The zero-order valence-corrected chi connectivity index (χ0v) is 17.1. The smallest absolute Gasteiger partial charge is 0.225 e. The molecule has 0 radical (unpaired) electrons. The number of rotatable bonds is 7. The third-order valence-corrected chi connectivity index (χ3v) is 5.33. The summed E-state index contributed by atoms with van der Waals surface area (Å²) in [5.41, 5.74) is 3.38. The number of amides is 1. The molecular weight excluding hydrogens is 350 g/mol. The molecule has 1 fully saturated rings. The molecule has 2 aromatic rings. The second-order valence-corrected chi connectivity index (χ2v) is 7.60. The highest BCUT2D eigenvalue weighted by Gasteiger charge is 2.18. The molecule has 0 saturated carbocycles. The number of nitrogens with one attached hydrogen (secondary N) is 1. The molecule has 2 aromatic carbocycles. The van der Waals surface area contributed by atoms with Crippen LogP contribution in [0.3, 0.4) is 0 Å². The van der Waals surface area contributed by atoms with Crippen LogP contribution in [-0.2, 0) is 4.79 Å². The molecule has 150 valence electrons. The van der Waals surface area contributed by atoms with Gasteiger partial charge in [-0.05, 0) is 47.9 Å². The number of hydrogen-bond acceptors (Lipinski definition) is 4. The lowest BCUT2D eigenvalue weighted by atomic mass is 10.0. The molecular formula is C23H31N3O2. The van der Waals surface area contributed by atoms with E-state index in [9.17, 15) is 4.79 Å². The Hall–Kier alpha value is -2.53. The van der Waals surface area contributed by atoms with Crippen molar-refractivity contribution in [2.75, 3.05) is 50.1 Å².